The monoisotopic (exact) mass is 506 g/mol. The van der Waals surface area contributed by atoms with Crippen molar-refractivity contribution in [2.75, 3.05) is 79.8 Å². The van der Waals surface area contributed by atoms with Crippen LogP contribution in [0.4, 0.5) is 0 Å². The minimum absolute atomic E-state index is 0.116. The Morgan fingerprint density at radius 2 is 1.59 bits per heavy atom. The second-order valence-corrected chi connectivity index (χ2v) is 9.75. The third kappa shape index (κ3) is 5.46. The van der Waals surface area contributed by atoms with E-state index in [4.69, 9.17) is 14.2 Å². The molecule has 1 aromatic heterocycles. The molecule has 2 aliphatic heterocycles. The van der Waals surface area contributed by atoms with E-state index in [9.17, 15) is 4.79 Å². The highest BCUT2D eigenvalue weighted by Crippen LogP contribution is 2.36. The Morgan fingerprint density at radius 3 is 2.27 bits per heavy atom. The largest absolute Gasteiger partial charge is 0.493 e. The van der Waals surface area contributed by atoms with E-state index in [0.29, 0.717) is 11.5 Å². The maximum atomic E-state index is 13.4. The number of carbonyl (C=O) groups excluding carboxylic acids is 1. The number of aromatic amines is 1. The quantitative estimate of drug-likeness (QED) is 0.504. The highest BCUT2D eigenvalue weighted by molar-refractivity contribution is 6.00. The Kier molecular flexibility index (Phi) is 7.98. The van der Waals surface area contributed by atoms with E-state index in [2.05, 4.69) is 27.8 Å². The molecule has 8 nitrogen and oxygen atoms in total. The van der Waals surface area contributed by atoms with Crippen LogP contribution in [-0.4, -0.2) is 105 Å². The fourth-order valence-electron chi connectivity index (χ4n) is 5.45. The number of hydrogen-bond donors (Lipinski definition) is 1. The van der Waals surface area contributed by atoms with Gasteiger partial charge < -0.3 is 24.1 Å². The number of benzene rings is 2. The molecule has 8 heteroatoms. The van der Waals surface area contributed by atoms with Crippen molar-refractivity contribution in [3.05, 3.63) is 47.5 Å². The van der Waals surface area contributed by atoms with Crippen LogP contribution in [-0.2, 0) is 11.2 Å². The van der Waals surface area contributed by atoms with E-state index >= 15 is 0 Å². The summed E-state index contributed by atoms with van der Waals surface area (Å²) in [7, 11) is 3.29. The van der Waals surface area contributed by atoms with Crippen molar-refractivity contribution in [1.29, 1.82) is 0 Å². The Labute approximate surface area is 219 Å². The molecule has 0 atom stereocenters. The number of methoxy groups -OCH3 is 2. The van der Waals surface area contributed by atoms with Gasteiger partial charge in [-0.3, -0.25) is 14.6 Å². The molecule has 1 N–H and O–H groups in total. The highest BCUT2D eigenvalue weighted by atomic mass is 16.5. The summed E-state index contributed by atoms with van der Waals surface area (Å²) in [6, 6.07) is 12.0. The van der Waals surface area contributed by atoms with Crippen molar-refractivity contribution in [3.8, 4) is 22.8 Å². The van der Waals surface area contributed by atoms with E-state index < -0.39 is 0 Å². The van der Waals surface area contributed by atoms with Crippen molar-refractivity contribution >= 4 is 16.8 Å². The van der Waals surface area contributed by atoms with E-state index in [1.165, 1.54) is 5.56 Å². The molecular formula is C29H38N4O4. The van der Waals surface area contributed by atoms with Crippen molar-refractivity contribution in [3.63, 3.8) is 0 Å². The molecule has 5 rings (SSSR count). The Hall–Kier alpha value is -3.07. The number of aromatic nitrogens is 1. The van der Waals surface area contributed by atoms with Gasteiger partial charge >= 0.3 is 0 Å². The maximum absolute atomic E-state index is 13.4. The summed E-state index contributed by atoms with van der Waals surface area (Å²) >= 11 is 0. The number of fused-ring (bicyclic) bond motifs is 1. The first-order valence-electron chi connectivity index (χ1n) is 13.3. The average Bonchev–Trinajstić information content (AvgIpc) is 3.34. The normalized spacial score (nSPS) is 17.3. The summed E-state index contributed by atoms with van der Waals surface area (Å²) in [6.07, 6.45) is 0.850. The molecule has 2 saturated heterocycles. The van der Waals surface area contributed by atoms with Crippen molar-refractivity contribution in [2.24, 2.45) is 0 Å². The minimum Gasteiger partial charge on any atom is -0.493 e. The topological polar surface area (TPSA) is 70.3 Å². The first kappa shape index (κ1) is 25.6. The third-order valence-corrected chi connectivity index (χ3v) is 7.67. The summed E-state index contributed by atoms with van der Waals surface area (Å²) < 4.78 is 16.4. The van der Waals surface area contributed by atoms with Crippen LogP contribution < -0.4 is 9.47 Å². The molecule has 3 heterocycles. The van der Waals surface area contributed by atoms with Gasteiger partial charge in [-0.25, -0.2) is 0 Å². The van der Waals surface area contributed by atoms with E-state index in [0.717, 1.165) is 99.7 Å². The number of nitrogens with one attached hydrogen (secondary N) is 1. The second-order valence-electron chi connectivity index (χ2n) is 9.75. The lowest BCUT2D eigenvalue weighted by atomic mass is 10.0. The van der Waals surface area contributed by atoms with Crippen LogP contribution in [0.5, 0.6) is 11.5 Å². The predicted octanol–water partition coefficient (Wildman–Crippen LogP) is 3.50. The van der Waals surface area contributed by atoms with Crippen LogP contribution in [0.3, 0.4) is 0 Å². The van der Waals surface area contributed by atoms with Gasteiger partial charge in [-0.2, -0.15) is 0 Å². The van der Waals surface area contributed by atoms with Crippen molar-refractivity contribution in [1.82, 2.24) is 19.7 Å². The van der Waals surface area contributed by atoms with Crippen molar-refractivity contribution in [2.45, 2.75) is 13.3 Å². The van der Waals surface area contributed by atoms with Gasteiger partial charge in [-0.15, -0.1) is 0 Å². The molecule has 198 valence electrons. The predicted molar refractivity (Wildman–Crippen MR) is 146 cm³/mol. The van der Waals surface area contributed by atoms with Gasteiger partial charge in [0.1, 0.15) is 0 Å². The molecule has 0 spiro atoms. The molecule has 0 radical (unpaired) electrons. The number of hydrogen-bond acceptors (Lipinski definition) is 6. The molecular weight excluding hydrogens is 468 g/mol. The lowest BCUT2D eigenvalue weighted by molar-refractivity contribution is 0.0293. The zero-order valence-electron chi connectivity index (χ0n) is 22.2. The number of carbonyl (C=O) groups is 1. The molecule has 3 aromatic rings. The van der Waals surface area contributed by atoms with Gasteiger partial charge in [0.2, 0.25) is 0 Å². The number of nitrogens with zero attached hydrogens (tertiary/aromatic N) is 3. The summed E-state index contributed by atoms with van der Waals surface area (Å²) in [4.78, 5) is 23.9. The molecule has 2 aromatic carbocycles. The van der Waals surface area contributed by atoms with Crippen LogP contribution in [0.25, 0.3) is 22.2 Å². The van der Waals surface area contributed by atoms with E-state index in [-0.39, 0.29) is 5.91 Å². The van der Waals surface area contributed by atoms with Crippen LogP contribution in [0.2, 0.25) is 0 Å². The lowest BCUT2D eigenvalue weighted by Gasteiger charge is -2.36. The Morgan fingerprint density at radius 1 is 0.892 bits per heavy atom. The summed E-state index contributed by atoms with van der Waals surface area (Å²) in [5.74, 6) is 1.51. The van der Waals surface area contributed by atoms with Gasteiger partial charge in [-0.1, -0.05) is 6.92 Å². The first-order chi connectivity index (χ1) is 18.1. The van der Waals surface area contributed by atoms with Gasteiger partial charge in [0.15, 0.2) is 11.5 Å². The number of piperazine rings is 1. The fraction of sp³-hybridized carbons (Fsp3) is 0.483. The van der Waals surface area contributed by atoms with Gasteiger partial charge in [0.25, 0.3) is 5.91 Å². The molecule has 1 amide bonds. The van der Waals surface area contributed by atoms with Crippen LogP contribution in [0.15, 0.2) is 36.4 Å². The standard InChI is InChI=1S/C29H38N4O4/c1-4-23-24-19-22(5-7-25(24)30-28(23)21-6-8-26(35-2)27(20-21)36-3)29(34)33-13-11-31(12-14-33)9-10-32-15-17-37-18-16-32/h5-8,19-20,30H,4,9-18H2,1-3H3. The summed E-state index contributed by atoms with van der Waals surface area (Å²) in [5.41, 5.74) is 5.07. The molecule has 0 unspecified atom stereocenters. The number of rotatable bonds is 8. The van der Waals surface area contributed by atoms with E-state index in [1.807, 2.05) is 35.2 Å². The Balaban J connectivity index is 1.29. The van der Waals surface area contributed by atoms with Gasteiger partial charge in [0, 0.05) is 80.1 Å². The zero-order chi connectivity index (χ0) is 25.8. The smallest absolute Gasteiger partial charge is 0.253 e. The number of ether oxygens (including phenoxy) is 3. The van der Waals surface area contributed by atoms with Crippen LogP contribution >= 0.6 is 0 Å². The molecule has 0 bridgehead atoms. The average molecular weight is 507 g/mol. The van der Waals surface area contributed by atoms with Gasteiger partial charge in [-0.05, 0) is 48.4 Å². The van der Waals surface area contributed by atoms with E-state index in [1.54, 1.807) is 14.2 Å². The lowest BCUT2D eigenvalue weighted by Crippen LogP contribution is -2.51. The zero-order valence-corrected chi connectivity index (χ0v) is 22.2. The third-order valence-electron chi connectivity index (χ3n) is 7.67. The van der Waals surface area contributed by atoms with Gasteiger partial charge in [0.05, 0.1) is 27.4 Å². The number of morpholine rings is 1. The highest BCUT2D eigenvalue weighted by Gasteiger charge is 2.24. The molecule has 2 aliphatic rings. The molecule has 2 fully saturated rings. The SMILES string of the molecule is CCc1c(-c2ccc(OC)c(OC)c2)[nH]c2ccc(C(=O)N3CCN(CCN4CCOCC4)CC3)cc12. The molecule has 0 saturated carbocycles. The first-order valence-corrected chi connectivity index (χ1v) is 13.3. The van der Waals surface area contributed by atoms with Crippen LogP contribution in [0, 0.1) is 0 Å². The number of amides is 1. The summed E-state index contributed by atoms with van der Waals surface area (Å²) in [5, 5.41) is 1.10. The summed E-state index contributed by atoms with van der Waals surface area (Å²) in [6.45, 7) is 11.4. The number of H-pyrrole nitrogens is 1. The fourth-order valence-corrected chi connectivity index (χ4v) is 5.45. The van der Waals surface area contributed by atoms with Crippen LogP contribution in [0.1, 0.15) is 22.8 Å². The minimum atomic E-state index is 0.116. The second kappa shape index (κ2) is 11.5. The molecule has 37 heavy (non-hydrogen) atoms. The van der Waals surface area contributed by atoms with Crippen molar-refractivity contribution < 1.29 is 19.0 Å². The number of aryl methyl sites for hydroxylation is 1. The maximum Gasteiger partial charge on any atom is 0.253 e. The Bertz CT molecular complexity index is 1230. The molecule has 0 aliphatic carbocycles.